The van der Waals surface area contributed by atoms with Crippen molar-refractivity contribution >= 4 is 11.7 Å². The fraction of sp³-hybridized carbons (Fsp3) is 0.450. The molecule has 0 amide bonds. The van der Waals surface area contributed by atoms with Crippen molar-refractivity contribution in [2.24, 2.45) is 0 Å². The van der Waals surface area contributed by atoms with Crippen molar-refractivity contribution in [2.75, 3.05) is 12.8 Å². The van der Waals surface area contributed by atoms with E-state index in [2.05, 4.69) is 35.3 Å². The van der Waals surface area contributed by atoms with E-state index in [-0.39, 0.29) is 0 Å². The SMILES string of the molecule is CCCCCCCCC#CC#Cc1cc(C(=O)OC)ccc1N. The fourth-order valence-corrected chi connectivity index (χ4v) is 2.11. The molecule has 0 spiro atoms. The van der Waals surface area contributed by atoms with E-state index in [1.54, 1.807) is 18.2 Å². The minimum atomic E-state index is -0.401. The number of hydrogen-bond acceptors (Lipinski definition) is 3. The standard InChI is InChI=1S/C20H25NO2/c1-3-4-5-6-7-8-9-10-11-12-13-17-16-18(20(22)23-2)14-15-19(17)21/h14-16H,3-9,21H2,1-2H3. The van der Waals surface area contributed by atoms with E-state index in [0.29, 0.717) is 16.8 Å². The van der Waals surface area contributed by atoms with Crippen LogP contribution >= 0.6 is 0 Å². The van der Waals surface area contributed by atoms with Gasteiger partial charge in [-0.2, -0.15) is 0 Å². The van der Waals surface area contributed by atoms with Gasteiger partial charge in [0.2, 0.25) is 0 Å². The molecule has 0 saturated heterocycles. The van der Waals surface area contributed by atoms with Crippen LogP contribution < -0.4 is 5.73 Å². The number of hydrogen-bond donors (Lipinski definition) is 1. The molecule has 0 heterocycles. The predicted octanol–water partition coefficient (Wildman–Crippen LogP) is 4.16. The molecule has 0 saturated carbocycles. The van der Waals surface area contributed by atoms with Crippen LogP contribution in [0.2, 0.25) is 0 Å². The van der Waals surface area contributed by atoms with Gasteiger partial charge in [-0.15, -0.1) is 0 Å². The molecule has 3 heteroatoms. The van der Waals surface area contributed by atoms with Crippen LogP contribution in [0.3, 0.4) is 0 Å². The van der Waals surface area contributed by atoms with Gasteiger partial charge in [0.05, 0.1) is 12.7 Å². The summed E-state index contributed by atoms with van der Waals surface area (Å²) in [5.41, 5.74) is 7.41. The van der Waals surface area contributed by atoms with Crippen LogP contribution in [0, 0.1) is 23.7 Å². The third-order valence-corrected chi connectivity index (χ3v) is 3.48. The van der Waals surface area contributed by atoms with E-state index in [1.807, 2.05) is 0 Å². The van der Waals surface area contributed by atoms with Gasteiger partial charge in [0, 0.05) is 17.7 Å². The molecule has 1 rings (SSSR count). The van der Waals surface area contributed by atoms with E-state index < -0.39 is 5.97 Å². The predicted molar refractivity (Wildman–Crippen MR) is 94.8 cm³/mol. The summed E-state index contributed by atoms with van der Waals surface area (Å²) in [4.78, 5) is 11.5. The van der Waals surface area contributed by atoms with E-state index in [0.717, 1.165) is 12.8 Å². The zero-order chi connectivity index (χ0) is 16.9. The monoisotopic (exact) mass is 311 g/mol. The lowest BCUT2D eigenvalue weighted by Gasteiger charge is -2.01. The smallest absolute Gasteiger partial charge is 0.337 e. The van der Waals surface area contributed by atoms with Crippen LogP contribution in [0.25, 0.3) is 0 Å². The van der Waals surface area contributed by atoms with Gasteiger partial charge < -0.3 is 10.5 Å². The van der Waals surface area contributed by atoms with Crippen LogP contribution in [0.1, 0.15) is 67.8 Å². The Morgan fingerprint density at radius 1 is 1.13 bits per heavy atom. The van der Waals surface area contributed by atoms with Crippen LogP contribution in [0.15, 0.2) is 18.2 Å². The average Bonchev–Trinajstić information content (AvgIpc) is 2.57. The molecule has 0 bridgehead atoms. The quantitative estimate of drug-likeness (QED) is 0.356. The number of ether oxygens (including phenoxy) is 1. The van der Waals surface area contributed by atoms with Gasteiger partial charge in [0.1, 0.15) is 0 Å². The molecule has 1 aromatic rings. The van der Waals surface area contributed by atoms with E-state index in [4.69, 9.17) is 5.73 Å². The lowest BCUT2D eigenvalue weighted by molar-refractivity contribution is 0.0600. The summed E-state index contributed by atoms with van der Waals surface area (Å²) < 4.78 is 4.68. The summed E-state index contributed by atoms with van der Waals surface area (Å²) in [6.07, 6.45) is 8.43. The maximum atomic E-state index is 11.5. The topological polar surface area (TPSA) is 52.3 Å². The minimum absolute atomic E-state index is 0.401. The van der Waals surface area contributed by atoms with Crippen molar-refractivity contribution < 1.29 is 9.53 Å². The van der Waals surface area contributed by atoms with Gasteiger partial charge in [-0.1, -0.05) is 50.9 Å². The van der Waals surface area contributed by atoms with Gasteiger partial charge in [0.25, 0.3) is 0 Å². The van der Waals surface area contributed by atoms with Crippen LogP contribution in [0.5, 0.6) is 0 Å². The van der Waals surface area contributed by atoms with Crippen LogP contribution in [-0.4, -0.2) is 13.1 Å². The molecule has 23 heavy (non-hydrogen) atoms. The minimum Gasteiger partial charge on any atom is -0.465 e. The molecule has 122 valence electrons. The summed E-state index contributed by atoms with van der Waals surface area (Å²) in [5.74, 6) is 11.2. The van der Waals surface area contributed by atoms with Crippen molar-refractivity contribution in [3.8, 4) is 23.7 Å². The Labute approximate surface area is 139 Å². The molecule has 3 nitrogen and oxygen atoms in total. The fourth-order valence-electron chi connectivity index (χ4n) is 2.11. The Balaban J connectivity index is 2.47. The van der Waals surface area contributed by atoms with E-state index in [1.165, 1.54) is 39.2 Å². The summed E-state index contributed by atoms with van der Waals surface area (Å²) in [5, 5.41) is 0. The molecule has 0 atom stereocenters. The number of carbonyl (C=O) groups excluding carboxylic acids is 1. The number of unbranched alkanes of at least 4 members (excludes halogenated alkanes) is 6. The highest BCUT2D eigenvalue weighted by Crippen LogP contribution is 2.13. The molecule has 0 unspecified atom stereocenters. The molecular formula is C20H25NO2. The van der Waals surface area contributed by atoms with Crippen LogP contribution in [0.4, 0.5) is 5.69 Å². The number of rotatable bonds is 7. The van der Waals surface area contributed by atoms with Gasteiger partial charge in [-0.25, -0.2) is 4.79 Å². The summed E-state index contributed by atoms with van der Waals surface area (Å²) >= 11 is 0. The van der Waals surface area contributed by atoms with Crippen molar-refractivity contribution in [3.05, 3.63) is 29.3 Å². The first-order valence-corrected chi connectivity index (χ1v) is 8.15. The third-order valence-electron chi connectivity index (χ3n) is 3.48. The summed E-state index contributed by atoms with van der Waals surface area (Å²) in [6, 6.07) is 4.90. The largest absolute Gasteiger partial charge is 0.465 e. The second-order valence-corrected chi connectivity index (χ2v) is 5.36. The van der Waals surface area contributed by atoms with Crippen molar-refractivity contribution in [1.82, 2.24) is 0 Å². The lowest BCUT2D eigenvalue weighted by atomic mass is 10.1. The van der Waals surface area contributed by atoms with Gasteiger partial charge >= 0.3 is 5.97 Å². The number of methoxy groups -OCH3 is 1. The highest BCUT2D eigenvalue weighted by molar-refractivity contribution is 5.90. The Morgan fingerprint density at radius 2 is 1.87 bits per heavy atom. The summed E-state index contributed by atoms with van der Waals surface area (Å²) in [7, 11) is 1.35. The van der Waals surface area contributed by atoms with Gasteiger partial charge in [-0.05, 0) is 36.5 Å². The van der Waals surface area contributed by atoms with Crippen molar-refractivity contribution in [1.29, 1.82) is 0 Å². The second kappa shape index (κ2) is 11.2. The van der Waals surface area contributed by atoms with Gasteiger partial charge in [0.15, 0.2) is 0 Å². The number of benzene rings is 1. The number of carbonyl (C=O) groups is 1. The highest BCUT2D eigenvalue weighted by atomic mass is 16.5. The molecule has 0 radical (unpaired) electrons. The normalized spacial score (nSPS) is 9.30. The first-order chi connectivity index (χ1) is 11.2. The number of nitrogens with two attached hydrogens (primary N) is 1. The molecule has 1 aromatic carbocycles. The molecule has 0 fully saturated rings. The Hall–Kier alpha value is -2.39. The molecule has 2 N–H and O–H groups in total. The summed E-state index contributed by atoms with van der Waals surface area (Å²) in [6.45, 7) is 2.22. The first-order valence-electron chi connectivity index (χ1n) is 8.15. The lowest BCUT2D eigenvalue weighted by Crippen LogP contribution is -2.02. The third kappa shape index (κ3) is 7.43. The van der Waals surface area contributed by atoms with Crippen molar-refractivity contribution in [3.63, 3.8) is 0 Å². The maximum absolute atomic E-state index is 11.5. The van der Waals surface area contributed by atoms with E-state index >= 15 is 0 Å². The maximum Gasteiger partial charge on any atom is 0.337 e. The van der Waals surface area contributed by atoms with Crippen LogP contribution in [-0.2, 0) is 4.74 Å². The number of nitrogen functional groups attached to an aromatic ring is 1. The van der Waals surface area contributed by atoms with E-state index in [9.17, 15) is 4.79 Å². The molecule has 0 aliphatic carbocycles. The molecule has 0 aromatic heterocycles. The number of anilines is 1. The second-order valence-electron chi connectivity index (χ2n) is 5.36. The molecule has 0 aliphatic rings. The Kier molecular flexibility index (Phi) is 9.10. The van der Waals surface area contributed by atoms with Crippen molar-refractivity contribution in [2.45, 2.75) is 51.9 Å². The molecular weight excluding hydrogens is 286 g/mol. The first kappa shape index (κ1) is 18.7. The molecule has 0 aliphatic heterocycles. The highest BCUT2D eigenvalue weighted by Gasteiger charge is 2.06. The van der Waals surface area contributed by atoms with Gasteiger partial charge in [-0.3, -0.25) is 0 Å². The average molecular weight is 311 g/mol. The number of esters is 1. The zero-order valence-electron chi connectivity index (χ0n) is 14.1. The zero-order valence-corrected chi connectivity index (χ0v) is 14.1. The Morgan fingerprint density at radius 3 is 2.61 bits per heavy atom. The Bertz CT molecular complexity index is 627.